The number of amides is 1. The van der Waals surface area contributed by atoms with E-state index in [0.29, 0.717) is 13.1 Å². The van der Waals surface area contributed by atoms with Crippen LogP contribution in [0.4, 0.5) is 0 Å². The van der Waals surface area contributed by atoms with Crippen LogP contribution in [0, 0.1) is 0 Å². The fourth-order valence-electron chi connectivity index (χ4n) is 2.06. The van der Waals surface area contributed by atoms with E-state index in [1.807, 2.05) is 0 Å². The molecule has 1 saturated heterocycles. The number of carbonyl (C=O) groups excluding carboxylic acids is 1. The highest BCUT2D eigenvalue weighted by atomic mass is 32.2. The quantitative estimate of drug-likeness (QED) is 0.747. The lowest BCUT2D eigenvalue weighted by molar-refractivity contribution is -0.133. The van der Waals surface area contributed by atoms with Gasteiger partial charge in [0.1, 0.15) is 9.84 Å². The predicted molar refractivity (Wildman–Crippen MR) is 72.2 cm³/mol. The molecule has 0 aliphatic carbocycles. The zero-order valence-corrected chi connectivity index (χ0v) is 12.6. The molecule has 0 radical (unpaired) electrons. The minimum Gasteiger partial charge on any atom is -0.340 e. The molecule has 0 saturated carbocycles. The molecule has 1 aliphatic heterocycles. The highest BCUT2D eigenvalue weighted by molar-refractivity contribution is 7.90. The topological polar surface area (TPSA) is 57.7 Å². The van der Waals surface area contributed by atoms with Crippen LogP contribution in [0.15, 0.2) is 0 Å². The van der Waals surface area contributed by atoms with Crippen molar-refractivity contribution < 1.29 is 13.2 Å². The van der Waals surface area contributed by atoms with E-state index in [2.05, 4.69) is 25.7 Å². The SMILES string of the molecule is CC(C)(C)N1CCN(C(=O)CCS(C)(=O)=O)CC1. The fourth-order valence-corrected chi connectivity index (χ4v) is 2.60. The lowest BCUT2D eigenvalue weighted by atomic mass is 10.0. The van der Waals surface area contributed by atoms with Gasteiger partial charge in [-0.3, -0.25) is 9.69 Å². The first-order valence-electron chi connectivity index (χ1n) is 6.30. The minimum absolute atomic E-state index is 0.0472. The lowest BCUT2D eigenvalue weighted by Crippen LogP contribution is -2.54. The van der Waals surface area contributed by atoms with Crippen molar-refractivity contribution in [3.05, 3.63) is 0 Å². The van der Waals surface area contributed by atoms with E-state index in [1.165, 1.54) is 0 Å². The number of hydrogen-bond acceptors (Lipinski definition) is 4. The molecule has 1 fully saturated rings. The maximum Gasteiger partial charge on any atom is 0.223 e. The van der Waals surface area contributed by atoms with Gasteiger partial charge >= 0.3 is 0 Å². The van der Waals surface area contributed by atoms with Gasteiger partial charge in [0.05, 0.1) is 5.75 Å². The summed E-state index contributed by atoms with van der Waals surface area (Å²) >= 11 is 0. The lowest BCUT2D eigenvalue weighted by Gasteiger charge is -2.42. The highest BCUT2D eigenvalue weighted by Gasteiger charge is 2.27. The molecule has 0 aromatic rings. The van der Waals surface area contributed by atoms with E-state index in [9.17, 15) is 13.2 Å². The summed E-state index contributed by atoms with van der Waals surface area (Å²) in [4.78, 5) is 16.0. The molecule has 0 aromatic carbocycles. The molecular weight excluding hydrogens is 252 g/mol. The zero-order chi connectivity index (χ0) is 14.0. The van der Waals surface area contributed by atoms with Crippen molar-refractivity contribution in [1.29, 1.82) is 0 Å². The summed E-state index contributed by atoms with van der Waals surface area (Å²) in [5.41, 5.74) is 0.127. The number of piperazine rings is 1. The highest BCUT2D eigenvalue weighted by Crippen LogP contribution is 2.16. The van der Waals surface area contributed by atoms with Crippen LogP contribution in [-0.2, 0) is 14.6 Å². The molecule has 0 unspecified atom stereocenters. The second-order valence-electron chi connectivity index (χ2n) is 5.92. The van der Waals surface area contributed by atoms with Crippen molar-refractivity contribution in [3.8, 4) is 0 Å². The smallest absolute Gasteiger partial charge is 0.223 e. The van der Waals surface area contributed by atoms with Crippen LogP contribution in [0.5, 0.6) is 0 Å². The number of hydrogen-bond donors (Lipinski definition) is 0. The van der Waals surface area contributed by atoms with Gasteiger partial charge in [-0.15, -0.1) is 0 Å². The van der Waals surface area contributed by atoms with Crippen molar-refractivity contribution in [2.24, 2.45) is 0 Å². The van der Waals surface area contributed by atoms with Crippen LogP contribution < -0.4 is 0 Å². The van der Waals surface area contributed by atoms with E-state index in [0.717, 1.165) is 19.3 Å². The predicted octanol–water partition coefficient (Wildman–Crippen LogP) is 0.364. The standard InChI is InChI=1S/C12H24N2O3S/c1-12(2,3)14-8-6-13(7-9-14)11(15)5-10-18(4,16)17/h5-10H2,1-4H3. The van der Waals surface area contributed by atoms with E-state index in [4.69, 9.17) is 0 Å². The average Bonchev–Trinajstić information content (AvgIpc) is 2.24. The molecule has 1 aliphatic rings. The van der Waals surface area contributed by atoms with E-state index < -0.39 is 9.84 Å². The number of rotatable bonds is 3. The summed E-state index contributed by atoms with van der Waals surface area (Å²) in [6.07, 6.45) is 1.27. The first kappa shape index (κ1) is 15.4. The molecule has 5 nitrogen and oxygen atoms in total. The summed E-state index contributed by atoms with van der Waals surface area (Å²) in [6.45, 7) is 9.58. The second kappa shape index (κ2) is 5.57. The fraction of sp³-hybridized carbons (Fsp3) is 0.917. The minimum atomic E-state index is -3.05. The summed E-state index contributed by atoms with van der Waals surface area (Å²) in [5.74, 6) is -0.0975. The van der Waals surface area contributed by atoms with Crippen LogP contribution in [0.1, 0.15) is 27.2 Å². The maximum absolute atomic E-state index is 11.8. The van der Waals surface area contributed by atoms with Crippen LogP contribution >= 0.6 is 0 Å². The Kier molecular flexibility index (Phi) is 4.78. The average molecular weight is 276 g/mol. The van der Waals surface area contributed by atoms with Crippen LogP contribution in [0.3, 0.4) is 0 Å². The van der Waals surface area contributed by atoms with Gasteiger partial charge in [0.25, 0.3) is 0 Å². The van der Waals surface area contributed by atoms with Crippen molar-refractivity contribution in [2.45, 2.75) is 32.7 Å². The number of carbonyl (C=O) groups is 1. The first-order valence-corrected chi connectivity index (χ1v) is 8.36. The van der Waals surface area contributed by atoms with Gasteiger partial charge in [0.2, 0.25) is 5.91 Å². The normalized spacial score (nSPS) is 19.0. The third-order valence-corrected chi connectivity index (χ3v) is 4.21. The first-order chi connectivity index (χ1) is 8.09. The van der Waals surface area contributed by atoms with Gasteiger partial charge in [-0.05, 0) is 20.8 Å². The molecule has 6 heteroatoms. The van der Waals surface area contributed by atoms with Crippen LogP contribution in [0.25, 0.3) is 0 Å². The Balaban J connectivity index is 2.41. The molecule has 0 spiro atoms. The third-order valence-electron chi connectivity index (χ3n) is 3.27. The summed E-state index contributed by atoms with van der Waals surface area (Å²) < 4.78 is 22.0. The molecule has 1 heterocycles. The van der Waals surface area contributed by atoms with Crippen molar-refractivity contribution in [1.82, 2.24) is 9.80 Å². The number of sulfone groups is 1. The van der Waals surface area contributed by atoms with Gasteiger partial charge in [-0.2, -0.15) is 0 Å². The van der Waals surface area contributed by atoms with Crippen molar-refractivity contribution in [2.75, 3.05) is 38.2 Å². The molecule has 0 atom stereocenters. The molecule has 0 aromatic heterocycles. The Hall–Kier alpha value is -0.620. The Morgan fingerprint density at radius 1 is 1.11 bits per heavy atom. The Bertz CT molecular complexity index is 390. The molecule has 0 bridgehead atoms. The summed E-state index contributed by atoms with van der Waals surface area (Å²) in [5, 5.41) is 0. The number of nitrogens with zero attached hydrogens (tertiary/aromatic N) is 2. The van der Waals surface area contributed by atoms with Crippen molar-refractivity contribution in [3.63, 3.8) is 0 Å². The summed E-state index contributed by atoms with van der Waals surface area (Å²) in [6, 6.07) is 0. The second-order valence-corrected chi connectivity index (χ2v) is 8.18. The molecule has 18 heavy (non-hydrogen) atoms. The van der Waals surface area contributed by atoms with Crippen molar-refractivity contribution >= 4 is 15.7 Å². The Labute approximate surface area is 110 Å². The molecule has 1 rings (SSSR count). The van der Waals surface area contributed by atoms with E-state index in [1.54, 1.807) is 4.90 Å². The largest absolute Gasteiger partial charge is 0.340 e. The van der Waals surface area contributed by atoms with Gasteiger partial charge < -0.3 is 4.90 Å². The van der Waals surface area contributed by atoms with Gasteiger partial charge in [0, 0.05) is 44.4 Å². The molecule has 1 amide bonds. The Morgan fingerprint density at radius 3 is 2.00 bits per heavy atom. The summed E-state index contributed by atoms with van der Waals surface area (Å²) in [7, 11) is -3.05. The molecular formula is C12H24N2O3S. The van der Waals surface area contributed by atoms with Gasteiger partial charge in [-0.25, -0.2) is 8.42 Å². The molecule has 0 N–H and O–H groups in total. The van der Waals surface area contributed by atoms with Crippen LogP contribution in [0.2, 0.25) is 0 Å². The van der Waals surface area contributed by atoms with E-state index >= 15 is 0 Å². The van der Waals surface area contributed by atoms with Gasteiger partial charge in [0.15, 0.2) is 0 Å². The maximum atomic E-state index is 11.8. The van der Waals surface area contributed by atoms with E-state index in [-0.39, 0.29) is 23.6 Å². The zero-order valence-electron chi connectivity index (χ0n) is 11.8. The van der Waals surface area contributed by atoms with Crippen LogP contribution in [-0.4, -0.2) is 67.9 Å². The molecule has 106 valence electrons. The van der Waals surface area contributed by atoms with Gasteiger partial charge in [-0.1, -0.05) is 0 Å². The third kappa shape index (κ3) is 4.94. The monoisotopic (exact) mass is 276 g/mol. The Morgan fingerprint density at radius 2 is 1.61 bits per heavy atom.